The maximum atomic E-state index is 11.1. The van der Waals surface area contributed by atoms with Gasteiger partial charge in [-0.05, 0) is 54.3 Å². The van der Waals surface area contributed by atoms with Crippen LogP contribution in [0.15, 0.2) is 48.5 Å². The largest absolute Gasteiger partial charge is 0.488 e. The van der Waals surface area contributed by atoms with E-state index in [0.29, 0.717) is 30.9 Å². The van der Waals surface area contributed by atoms with E-state index >= 15 is 0 Å². The van der Waals surface area contributed by atoms with E-state index in [2.05, 4.69) is 5.32 Å². The van der Waals surface area contributed by atoms with Crippen molar-refractivity contribution in [2.45, 2.75) is 19.4 Å². The Bertz CT molecular complexity index is 881. The van der Waals surface area contributed by atoms with Crippen LogP contribution < -0.4 is 10.1 Å². The number of fused-ring (bicyclic) bond motifs is 2. The van der Waals surface area contributed by atoms with Crippen molar-refractivity contribution in [2.75, 3.05) is 13.5 Å². The van der Waals surface area contributed by atoms with E-state index in [1.165, 1.54) is 0 Å². The summed E-state index contributed by atoms with van der Waals surface area (Å²) in [7, 11) is 0. The van der Waals surface area contributed by atoms with Crippen molar-refractivity contribution < 1.29 is 18.8 Å². The molecule has 0 bridgehead atoms. The van der Waals surface area contributed by atoms with Crippen molar-refractivity contribution >= 4 is 23.9 Å². The molecule has 0 fully saturated rings. The van der Waals surface area contributed by atoms with E-state index in [9.17, 15) is 4.79 Å². The summed E-state index contributed by atoms with van der Waals surface area (Å²) < 4.78 is 27.7. The van der Waals surface area contributed by atoms with Gasteiger partial charge in [-0.1, -0.05) is 36.4 Å². The van der Waals surface area contributed by atoms with Crippen LogP contribution in [0.2, 0.25) is 0 Å². The van der Waals surface area contributed by atoms with Crippen LogP contribution in [0.4, 0.5) is 0 Å². The number of ether oxygens (including phenoxy) is 1. The fraction of sp³-hybridized carbons (Fsp3) is 0.250. The molecule has 0 saturated carbocycles. The van der Waals surface area contributed by atoms with E-state index in [1.807, 2.05) is 36.4 Å². The van der Waals surface area contributed by atoms with Crippen molar-refractivity contribution in [1.82, 2.24) is 5.32 Å². The molecule has 1 aliphatic rings. The summed E-state index contributed by atoms with van der Waals surface area (Å²) in [5.41, 5.74) is 4.49. The van der Waals surface area contributed by atoms with Crippen molar-refractivity contribution in [3.05, 3.63) is 70.8 Å². The number of rotatable bonds is 5. The van der Waals surface area contributed by atoms with Gasteiger partial charge < -0.3 is 15.2 Å². The zero-order chi connectivity index (χ0) is 19.4. The van der Waals surface area contributed by atoms with Gasteiger partial charge in [0.05, 0.1) is 6.42 Å². The Hall–Kier alpha value is -2.30. The third-order valence-electron chi connectivity index (χ3n) is 4.00. The predicted octanol–water partition coefficient (Wildman–Crippen LogP) is 3.67. The van der Waals surface area contributed by atoms with Crippen molar-refractivity contribution in [3.63, 3.8) is 0 Å². The molecular weight excluding hydrogens is 338 g/mol. The topological polar surface area (TPSA) is 58.6 Å². The average Bonchev–Trinajstić information content (AvgIpc) is 2.74. The van der Waals surface area contributed by atoms with Gasteiger partial charge in [0.25, 0.3) is 0 Å². The highest BCUT2D eigenvalue weighted by atomic mass is 35.5. The molecule has 0 saturated heterocycles. The van der Waals surface area contributed by atoms with E-state index in [1.54, 1.807) is 12.1 Å². The highest BCUT2D eigenvalue weighted by molar-refractivity contribution is 5.86. The van der Waals surface area contributed by atoms with Gasteiger partial charge in [-0.15, -0.1) is 12.4 Å². The van der Waals surface area contributed by atoms with Crippen molar-refractivity contribution in [2.24, 2.45) is 0 Å². The maximum Gasteiger partial charge on any atom is 0.307 e. The van der Waals surface area contributed by atoms with Crippen LogP contribution in [0.5, 0.6) is 5.75 Å². The molecule has 0 amide bonds. The Balaban J connectivity index is 0.00000280. The number of carboxylic acids is 1. The van der Waals surface area contributed by atoms with Crippen LogP contribution >= 0.6 is 12.4 Å². The molecule has 0 radical (unpaired) electrons. The fourth-order valence-electron chi connectivity index (χ4n) is 2.92. The van der Waals surface area contributed by atoms with Crippen LogP contribution in [0, 0.1) is 0 Å². The Morgan fingerprint density at radius 3 is 2.96 bits per heavy atom. The van der Waals surface area contributed by atoms with Gasteiger partial charge in [0.1, 0.15) is 12.4 Å². The number of carboxylic acid groups (broad SMARTS) is 1. The lowest BCUT2D eigenvalue weighted by Crippen LogP contribution is -2.06. The zero-order valence-corrected chi connectivity index (χ0v) is 14.4. The molecule has 0 aromatic heterocycles. The lowest BCUT2D eigenvalue weighted by Gasteiger charge is -2.12. The third-order valence-corrected chi connectivity index (χ3v) is 4.00. The fourth-order valence-corrected chi connectivity index (χ4v) is 2.92. The molecule has 2 aromatic carbocycles. The molecule has 4 nitrogen and oxygen atoms in total. The van der Waals surface area contributed by atoms with E-state index in [-0.39, 0.29) is 18.8 Å². The number of nitrogens with one attached hydrogen (secondary N) is 1. The highest BCUT2D eigenvalue weighted by Gasteiger charge is 2.19. The first-order valence-corrected chi connectivity index (χ1v) is 7.85. The number of hydrogen-bond acceptors (Lipinski definition) is 3. The molecule has 0 aliphatic carbocycles. The number of hydrogen-bond donors (Lipinski definition) is 2. The maximum absolute atomic E-state index is 11.1. The van der Waals surface area contributed by atoms with Gasteiger partial charge in [0.15, 0.2) is 0 Å². The molecule has 1 aliphatic heterocycles. The molecule has 5 heteroatoms. The van der Waals surface area contributed by atoms with Gasteiger partial charge in [-0.3, -0.25) is 4.79 Å². The van der Waals surface area contributed by atoms with Gasteiger partial charge in [-0.25, -0.2) is 0 Å². The second kappa shape index (κ2) is 8.70. The van der Waals surface area contributed by atoms with Gasteiger partial charge in [-0.2, -0.15) is 0 Å². The van der Waals surface area contributed by atoms with Crippen LogP contribution in [0.3, 0.4) is 0 Å². The molecule has 0 spiro atoms. The Morgan fingerprint density at radius 2 is 2.16 bits per heavy atom. The van der Waals surface area contributed by atoms with E-state index < -0.39 is 12.9 Å². The minimum atomic E-state index is -2.17. The smallest absolute Gasteiger partial charge is 0.307 e. The molecule has 25 heavy (non-hydrogen) atoms. The number of carbonyl (C=O) groups is 1. The van der Waals surface area contributed by atoms with Crippen LogP contribution in [0.25, 0.3) is 5.57 Å². The predicted molar refractivity (Wildman–Crippen MR) is 101 cm³/mol. The first kappa shape index (κ1) is 15.0. The quantitative estimate of drug-likeness (QED) is 0.797. The summed E-state index contributed by atoms with van der Waals surface area (Å²) in [4.78, 5) is 11.1. The highest BCUT2D eigenvalue weighted by Crippen LogP contribution is 2.37. The Labute approximate surface area is 158 Å². The Kier molecular flexibility index (Phi) is 5.22. The molecule has 1 heterocycles. The van der Waals surface area contributed by atoms with Gasteiger partial charge in [0, 0.05) is 9.68 Å². The summed E-state index contributed by atoms with van der Waals surface area (Å²) in [5, 5.41) is 11.6. The van der Waals surface area contributed by atoms with E-state index in [4.69, 9.17) is 14.0 Å². The minimum absolute atomic E-state index is 0. The molecule has 3 rings (SSSR count). The first-order chi connectivity index (χ1) is 12.8. The minimum Gasteiger partial charge on any atom is -0.488 e. The number of halogens is 1. The monoisotopic (exact) mass is 362 g/mol. The van der Waals surface area contributed by atoms with E-state index in [0.717, 1.165) is 22.3 Å². The van der Waals surface area contributed by atoms with Crippen LogP contribution in [-0.2, 0) is 17.8 Å². The van der Waals surface area contributed by atoms with Crippen molar-refractivity contribution in [1.29, 1.82) is 0 Å². The molecule has 2 aromatic rings. The summed E-state index contributed by atoms with van der Waals surface area (Å²) in [6.07, 6.45) is 2.43. The molecular formula is C20H22ClNO3. The second-order valence-electron chi connectivity index (χ2n) is 5.68. The Morgan fingerprint density at radius 1 is 1.32 bits per heavy atom. The third kappa shape index (κ3) is 4.41. The lowest BCUT2D eigenvalue weighted by atomic mass is 9.92. The first-order valence-electron chi connectivity index (χ1n) is 9.35. The molecule has 0 unspecified atom stereocenters. The summed E-state index contributed by atoms with van der Waals surface area (Å²) in [5.74, 6) is -0.201. The lowest BCUT2D eigenvalue weighted by molar-refractivity contribution is -0.136. The number of benzene rings is 2. The van der Waals surface area contributed by atoms with Gasteiger partial charge in [0.2, 0.25) is 0 Å². The zero-order valence-electron chi connectivity index (χ0n) is 16.6. The summed E-state index contributed by atoms with van der Waals surface area (Å²) in [6.45, 7) is -1.44. The summed E-state index contributed by atoms with van der Waals surface area (Å²) >= 11 is 0. The summed E-state index contributed by atoms with van der Waals surface area (Å²) in [6, 6.07) is 13.3. The van der Waals surface area contributed by atoms with Crippen molar-refractivity contribution in [3.8, 4) is 5.75 Å². The second-order valence-corrected chi connectivity index (χ2v) is 5.68. The number of aliphatic carboxylic acids is 1. The van der Waals surface area contributed by atoms with Crippen LogP contribution in [0.1, 0.15) is 32.8 Å². The average molecular weight is 363 g/mol. The molecule has 0 atom stereocenters. The molecule has 2 N–H and O–H groups in total. The van der Waals surface area contributed by atoms with Gasteiger partial charge >= 0.3 is 5.97 Å². The standard InChI is InChI=1S/C20H21NO3.ClH/c1-21-10-4-7-17-16-6-3-2-5-15(16)13-24-19-9-8-14(11-18(17)19)12-20(22)23;/h2-3,5-9,11,21H,4,10,12-13H2,1H3,(H,22,23);1H/b17-7+;/i1D3;. The van der Waals surface area contributed by atoms with Crippen LogP contribution in [-0.4, -0.2) is 24.6 Å². The molecule has 132 valence electrons. The SMILES string of the molecule is Cl.[2H]C([2H])([2H])NCC/C=C1\c2ccccc2COc2ccc(CC(=O)O)cc21. The normalized spacial score (nSPS) is 16.2.